The van der Waals surface area contributed by atoms with Gasteiger partial charge in [0.05, 0.1) is 12.6 Å². The zero-order valence-corrected chi connectivity index (χ0v) is 20.7. The second-order valence-electron chi connectivity index (χ2n) is 7.94. The lowest BCUT2D eigenvalue weighted by atomic mass is 10.1. The first-order valence-electron chi connectivity index (χ1n) is 10.5. The van der Waals surface area contributed by atoms with Gasteiger partial charge in [0, 0.05) is 20.1 Å². The van der Waals surface area contributed by atoms with Gasteiger partial charge in [0.25, 0.3) is 0 Å². The van der Waals surface area contributed by atoms with E-state index in [0.717, 1.165) is 37.6 Å². The Kier molecular flexibility index (Phi) is 12.7. The van der Waals surface area contributed by atoms with Crippen LogP contribution in [0.3, 0.4) is 0 Å². The predicted molar refractivity (Wildman–Crippen MR) is 130 cm³/mol. The monoisotopic (exact) mass is 520 g/mol. The second kappa shape index (κ2) is 14.1. The highest BCUT2D eigenvalue weighted by atomic mass is 127. The fraction of sp³-hybridized carbons (Fsp3) is 0.682. The molecule has 0 spiro atoms. The number of nitrogens with one attached hydrogen (secondary N) is 1. The number of morpholine rings is 1. The van der Waals surface area contributed by atoms with Gasteiger partial charge < -0.3 is 19.9 Å². The molecule has 1 fully saturated rings. The van der Waals surface area contributed by atoms with E-state index in [9.17, 15) is 4.39 Å². The van der Waals surface area contributed by atoms with Gasteiger partial charge in [-0.25, -0.2) is 4.39 Å². The summed E-state index contributed by atoms with van der Waals surface area (Å²) in [6, 6.07) is 6.60. The molecule has 0 saturated carbocycles. The van der Waals surface area contributed by atoms with Crippen molar-refractivity contribution < 1.29 is 9.13 Å². The highest BCUT2D eigenvalue weighted by Gasteiger charge is 2.28. The molecule has 1 aliphatic rings. The quantitative estimate of drug-likeness (QED) is 0.228. The average molecular weight is 520 g/mol. The Balaban J connectivity index is 0.00000420. The summed E-state index contributed by atoms with van der Waals surface area (Å²) in [5.74, 6) is 0.707. The number of guanidine groups is 1. The highest BCUT2D eigenvalue weighted by molar-refractivity contribution is 14.0. The van der Waals surface area contributed by atoms with Crippen molar-refractivity contribution in [2.24, 2.45) is 4.99 Å². The first kappa shape index (κ1) is 26.1. The summed E-state index contributed by atoms with van der Waals surface area (Å²) in [7, 11) is 6.09. The van der Waals surface area contributed by atoms with Crippen molar-refractivity contribution in [2.45, 2.75) is 51.2 Å². The maximum atomic E-state index is 13.2. The second-order valence-corrected chi connectivity index (χ2v) is 7.94. The van der Waals surface area contributed by atoms with Crippen LogP contribution in [-0.2, 0) is 4.74 Å². The molecule has 0 amide bonds. The van der Waals surface area contributed by atoms with Gasteiger partial charge in [-0.2, -0.15) is 0 Å². The van der Waals surface area contributed by atoms with Gasteiger partial charge in [0.2, 0.25) is 0 Å². The van der Waals surface area contributed by atoms with Gasteiger partial charge in [-0.3, -0.25) is 4.99 Å². The molecule has 0 bridgehead atoms. The van der Waals surface area contributed by atoms with E-state index >= 15 is 0 Å². The molecule has 0 radical (unpaired) electrons. The van der Waals surface area contributed by atoms with E-state index < -0.39 is 0 Å². The van der Waals surface area contributed by atoms with Crippen LogP contribution in [0.5, 0.6) is 0 Å². The van der Waals surface area contributed by atoms with Crippen LogP contribution in [0.15, 0.2) is 29.3 Å². The molecule has 0 aliphatic carbocycles. The van der Waals surface area contributed by atoms with Crippen LogP contribution in [0.2, 0.25) is 0 Å². The summed E-state index contributed by atoms with van der Waals surface area (Å²) in [6.07, 6.45) is 6.29. The zero-order valence-electron chi connectivity index (χ0n) is 18.4. The van der Waals surface area contributed by atoms with Crippen LogP contribution in [0.4, 0.5) is 4.39 Å². The van der Waals surface area contributed by atoms with E-state index in [4.69, 9.17) is 4.74 Å². The molecule has 2 atom stereocenters. The number of halogens is 2. The van der Waals surface area contributed by atoms with Gasteiger partial charge in [0.1, 0.15) is 11.9 Å². The fourth-order valence-corrected chi connectivity index (χ4v) is 3.60. The Hall–Kier alpha value is -0.930. The zero-order chi connectivity index (χ0) is 20.4. The maximum absolute atomic E-state index is 13.2. The Morgan fingerprint density at radius 1 is 1.14 bits per heavy atom. The van der Waals surface area contributed by atoms with Crippen molar-refractivity contribution in [3.8, 4) is 0 Å². The van der Waals surface area contributed by atoms with E-state index in [-0.39, 0.29) is 42.0 Å². The molecule has 1 aliphatic heterocycles. The number of nitrogens with zero attached hydrogens (tertiary/aromatic N) is 3. The third kappa shape index (κ3) is 9.61. The molecular weight excluding hydrogens is 482 g/mol. The molecule has 1 heterocycles. The van der Waals surface area contributed by atoms with Crippen LogP contribution in [0, 0.1) is 5.82 Å². The van der Waals surface area contributed by atoms with Gasteiger partial charge in [-0.05, 0) is 58.1 Å². The van der Waals surface area contributed by atoms with Crippen LogP contribution in [-0.4, -0.2) is 69.2 Å². The van der Waals surface area contributed by atoms with E-state index in [1.54, 1.807) is 0 Å². The number of rotatable bonds is 9. The summed E-state index contributed by atoms with van der Waals surface area (Å²) in [4.78, 5) is 8.96. The Morgan fingerprint density at radius 2 is 1.79 bits per heavy atom. The summed E-state index contributed by atoms with van der Waals surface area (Å²) in [5, 5.41) is 3.50. The van der Waals surface area contributed by atoms with Gasteiger partial charge >= 0.3 is 0 Å². The lowest BCUT2D eigenvalue weighted by Gasteiger charge is -2.38. The summed E-state index contributed by atoms with van der Waals surface area (Å²) >= 11 is 0. The molecule has 1 saturated heterocycles. The summed E-state index contributed by atoms with van der Waals surface area (Å²) in [5.41, 5.74) is 1.01. The average Bonchev–Trinajstić information content (AvgIpc) is 2.66. The van der Waals surface area contributed by atoms with Crippen molar-refractivity contribution in [1.82, 2.24) is 15.1 Å². The van der Waals surface area contributed by atoms with Crippen molar-refractivity contribution >= 4 is 29.9 Å². The number of ether oxygens (including phenoxy) is 1. The number of aliphatic imine (C=N–C) groups is 1. The minimum absolute atomic E-state index is 0. The third-order valence-corrected chi connectivity index (χ3v) is 5.08. The predicted octanol–water partition coefficient (Wildman–Crippen LogP) is 4.29. The number of benzene rings is 1. The van der Waals surface area contributed by atoms with Gasteiger partial charge in [-0.1, -0.05) is 31.4 Å². The minimum Gasteiger partial charge on any atom is -0.367 e. The van der Waals surface area contributed by atoms with Crippen LogP contribution >= 0.6 is 24.0 Å². The Morgan fingerprint density at radius 3 is 2.45 bits per heavy atom. The largest absolute Gasteiger partial charge is 0.367 e. The SMILES string of the molecule is CN=C(NCCCCCCCN(C)C)N1CC(C)OC(c2ccc(F)cc2)C1.I. The van der Waals surface area contributed by atoms with E-state index in [2.05, 4.69) is 41.1 Å². The Bertz CT molecular complexity index is 597. The van der Waals surface area contributed by atoms with Gasteiger partial charge in [0.15, 0.2) is 5.96 Å². The maximum Gasteiger partial charge on any atom is 0.193 e. The lowest BCUT2D eigenvalue weighted by Crippen LogP contribution is -2.50. The normalized spacial score (nSPS) is 19.9. The van der Waals surface area contributed by atoms with Crippen LogP contribution in [0.1, 0.15) is 50.7 Å². The lowest BCUT2D eigenvalue weighted by molar-refractivity contribution is -0.0605. The molecule has 1 aromatic carbocycles. The van der Waals surface area contributed by atoms with Crippen LogP contribution in [0.25, 0.3) is 0 Å². The molecule has 1 aromatic rings. The fourth-order valence-electron chi connectivity index (χ4n) is 3.60. The van der Waals surface area contributed by atoms with E-state index in [0.29, 0.717) is 0 Å². The molecule has 29 heavy (non-hydrogen) atoms. The van der Waals surface area contributed by atoms with Crippen molar-refractivity contribution in [3.63, 3.8) is 0 Å². The number of unbranched alkanes of at least 4 members (excludes halogenated alkanes) is 4. The Labute approximate surface area is 193 Å². The molecule has 7 heteroatoms. The van der Waals surface area contributed by atoms with E-state index in [1.165, 1.54) is 44.4 Å². The van der Waals surface area contributed by atoms with Gasteiger partial charge in [-0.15, -0.1) is 24.0 Å². The van der Waals surface area contributed by atoms with Crippen molar-refractivity contribution in [3.05, 3.63) is 35.6 Å². The van der Waals surface area contributed by atoms with Crippen LogP contribution < -0.4 is 5.32 Å². The molecule has 2 rings (SSSR count). The molecule has 1 N–H and O–H groups in total. The van der Waals surface area contributed by atoms with E-state index in [1.807, 2.05) is 19.2 Å². The standard InChI is InChI=1S/C22H37FN4O.HI/c1-18-16-27(17-21(28-18)19-10-12-20(23)13-11-19)22(24-2)25-14-8-6-5-7-9-15-26(3)4;/h10-13,18,21H,5-9,14-17H2,1-4H3,(H,24,25);1H. The molecule has 0 aromatic heterocycles. The first-order valence-corrected chi connectivity index (χ1v) is 10.5. The molecule has 5 nitrogen and oxygen atoms in total. The summed E-state index contributed by atoms with van der Waals surface area (Å²) < 4.78 is 19.3. The topological polar surface area (TPSA) is 40.1 Å². The molecule has 2 unspecified atom stereocenters. The van der Waals surface area contributed by atoms with Crippen molar-refractivity contribution in [2.75, 3.05) is 47.3 Å². The number of hydrogen-bond acceptors (Lipinski definition) is 3. The smallest absolute Gasteiger partial charge is 0.193 e. The molecular formula is C22H38FIN4O. The number of hydrogen-bond donors (Lipinski definition) is 1. The first-order chi connectivity index (χ1) is 13.5. The molecule has 166 valence electrons. The third-order valence-electron chi connectivity index (χ3n) is 5.08. The summed E-state index contributed by atoms with van der Waals surface area (Å²) in [6.45, 7) is 5.72. The van der Waals surface area contributed by atoms with Crippen molar-refractivity contribution in [1.29, 1.82) is 0 Å². The highest BCUT2D eigenvalue weighted by Crippen LogP contribution is 2.25. The minimum atomic E-state index is -0.219.